The fraction of sp³-hybridized carbons (Fsp3) is 0.556. The van der Waals surface area contributed by atoms with Crippen molar-refractivity contribution in [3.8, 4) is 6.07 Å². The van der Waals surface area contributed by atoms with Crippen molar-refractivity contribution in [1.82, 2.24) is 9.97 Å². The van der Waals surface area contributed by atoms with Gasteiger partial charge < -0.3 is 15.6 Å². The van der Waals surface area contributed by atoms with Gasteiger partial charge in [0.25, 0.3) is 0 Å². The van der Waals surface area contributed by atoms with Gasteiger partial charge in [-0.05, 0) is 49.5 Å². The summed E-state index contributed by atoms with van der Waals surface area (Å²) in [6, 6.07) is 12.0. The topological polar surface area (TPSA) is 88.7 Å². The van der Waals surface area contributed by atoms with Gasteiger partial charge in [-0.25, -0.2) is 9.97 Å². The predicted octanol–water partition coefficient (Wildman–Crippen LogP) is 6.82. The van der Waals surface area contributed by atoms with Crippen LogP contribution < -0.4 is 10.2 Å². The molecule has 6 nitrogen and oxygen atoms in total. The Balaban J connectivity index is 0.000000242. The Labute approximate surface area is 200 Å². The second-order valence-corrected chi connectivity index (χ2v) is 9.29. The first-order chi connectivity index (χ1) is 16.0. The number of para-hydroxylation sites is 1. The zero-order valence-electron chi connectivity index (χ0n) is 20.9. The van der Waals surface area contributed by atoms with E-state index in [1.165, 1.54) is 38.3 Å². The normalized spacial score (nSPS) is 18.5. The zero-order chi connectivity index (χ0) is 24.3. The fourth-order valence-electron chi connectivity index (χ4n) is 3.65. The molecule has 1 saturated heterocycles. The molecule has 0 bridgehead atoms. The largest absolute Gasteiger partial charge is 0.356 e. The van der Waals surface area contributed by atoms with Gasteiger partial charge in [-0.2, -0.15) is 5.26 Å². The third-order valence-corrected chi connectivity index (χ3v) is 5.70. The number of hydrogen-bond acceptors (Lipinski definition) is 6. The summed E-state index contributed by atoms with van der Waals surface area (Å²) in [5, 5.41) is 19.0. The molecule has 3 fully saturated rings. The van der Waals surface area contributed by atoms with Gasteiger partial charge in [-0.3, -0.25) is 0 Å². The first kappa shape index (κ1) is 26.3. The molecule has 3 aliphatic rings. The van der Waals surface area contributed by atoms with E-state index in [0.29, 0.717) is 11.3 Å². The maximum absolute atomic E-state index is 8.33. The van der Waals surface area contributed by atoms with Crippen molar-refractivity contribution in [3.63, 3.8) is 0 Å². The molecule has 2 aliphatic carbocycles. The first-order valence-corrected chi connectivity index (χ1v) is 12.3. The molecule has 1 aromatic heterocycles. The molecule has 33 heavy (non-hydrogen) atoms. The molecule has 2 saturated carbocycles. The van der Waals surface area contributed by atoms with Crippen LogP contribution in [-0.4, -0.2) is 29.3 Å². The van der Waals surface area contributed by atoms with Crippen molar-refractivity contribution < 1.29 is 0 Å². The molecule has 1 aromatic carbocycles. The summed E-state index contributed by atoms with van der Waals surface area (Å²) in [4.78, 5) is 10.9. The highest BCUT2D eigenvalue weighted by Gasteiger charge is 2.63. The number of nitrogens with zero attached hydrogens (tertiary/aromatic N) is 4. The number of nitrogens with one attached hydrogen (secondary N) is 2. The van der Waals surface area contributed by atoms with Gasteiger partial charge in [0.1, 0.15) is 18.0 Å². The summed E-state index contributed by atoms with van der Waals surface area (Å²) in [5.74, 6) is 3.02. The molecule has 178 valence electrons. The molecule has 0 amide bonds. The lowest BCUT2D eigenvalue weighted by molar-refractivity contribution is 0.737. The van der Waals surface area contributed by atoms with Gasteiger partial charge in [-0.15, -0.1) is 0 Å². The van der Waals surface area contributed by atoms with E-state index in [-0.39, 0.29) is 0 Å². The van der Waals surface area contributed by atoms with Crippen LogP contribution in [0.1, 0.15) is 72.3 Å². The molecular weight excluding hydrogens is 408 g/mol. The Hall–Kier alpha value is -2.94. The predicted molar refractivity (Wildman–Crippen MR) is 138 cm³/mol. The molecule has 1 spiro atoms. The Morgan fingerprint density at radius 3 is 2.30 bits per heavy atom. The zero-order valence-corrected chi connectivity index (χ0v) is 20.9. The molecule has 1 unspecified atom stereocenters. The van der Waals surface area contributed by atoms with Crippen molar-refractivity contribution in [2.24, 2.45) is 17.3 Å². The van der Waals surface area contributed by atoms with Crippen LogP contribution in [0.25, 0.3) is 0 Å². The van der Waals surface area contributed by atoms with E-state index in [2.05, 4.69) is 47.0 Å². The summed E-state index contributed by atoms with van der Waals surface area (Å²) in [6.07, 6.45) is 9.26. The van der Waals surface area contributed by atoms with Crippen LogP contribution in [0.3, 0.4) is 0 Å². The van der Waals surface area contributed by atoms with Crippen LogP contribution in [0.2, 0.25) is 0 Å². The third-order valence-electron chi connectivity index (χ3n) is 5.70. The van der Waals surface area contributed by atoms with E-state index in [9.17, 15) is 0 Å². The van der Waals surface area contributed by atoms with E-state index in [1.54, 1.807) is 6.33 Å². The van der Waals surface area contributed by atoms with E-state index in [0.717, 1.165) is 41.9 Å². The number of benzene rings is 1. The Kier molecular flexibility index (Phi) is 10.3. The summed E-state index contributed by atoms with van der Waals surface area (Å²) in [5.41, 5.74) is 2.33. The maximum atomic E-state index is 8.33. The summed E-state index contributed by atoms with van der Waals surface area (Å²) in [6.45, 7) is 12.6. The smallest absolute Gasteiger partial charge is 0.135 e. The quantitative estimate of drug-likeness (QED) is 0.501. The number of anilines is 3. The SMILES string of the molecule is CC.CC(C)C.N#CC1CC12CC2.N=Cc1ccccc1Nc1cc(N2CCCC2)ncn1. The standard InChI is InChI=1S/C15H17N5.C6H7N.C4H10.C2H6/c16-10-12-5-1-2-6-13(12)19-14-9-15(18-11-17-14)20-7-3-4-8-20;7-4-5-3-6(5)1-2-6;1-4(2)3;1-2/h1-2,5-6,9-11,16H,3-4,7-8H2,(H,17,18,19);5H,1-3H2;4H,1-3H3;1-2H3. The van der Waals surface area contributed by atoms with E-state index in [1.807, 2.05) is 44.2 Å². The highest BCUT2D eigenvalue weighted by Crippen LogP contribution is 2.70. The lowest BCUT2D eigenvalue weighted by Gasteiger charge is -2.17. The maximum Gasteiger partial charge on any atom is 0.135 e. The van der Waals surface area contributed by atoms with Gasteiger partial charge in [0.15, 0.2) is 0 Å². The highest BCUT2D eigenvalue weighted by atomic mass is 15.2. The van der Waals surface area contributed by atoms with E-state index < -0.39 is 0 Å². The van der Waals surface area contributed by atoms with Gasteiger partial charge in [-0.1, -0.05) is 52.8 Å². The minimum absolute atomic E-state index is 0.465. The minimum Gasteiger partial charge on any atom is -0.356 e. The lowest BCUT2D eigenvalue weighted by atomic mass is 10.2. The number of nitriles is 1. The average Bonchev–Trinajstić information content (AvgIpc) is 3.69. The summed E-state index contributed by atoms with van der Waals surface area (Å²) >= 11 is 0. The summed E-state index contributed by atoms with van der Waals surface area (Å²) in [7, 11) is 0. The molecule has 1 atom stereocenters. The van der Waals surface area contributed by atoms with Crippen LogP contribution in [0, 0.1) is 34.0 Å². The van der Waals surface area contributed by atoms with Gasteiger partial charge in [0.05, 0.1) is 12.0 Å². The first-order valence-electron chi connectivity index (χ1n) is 12.3. The number of hydrogen-bond donors (Lipinski definition) is 2. The second kappa shape index (κ2) is 12.9. The monoisotopic (exact) mass is 448 g/mol. The fourth-order valence-corrected chi connectivity index (χ4v) is 3.65. The molecule has 6 heteroatoms. The third kappa shape index (κ3) is 8.16. The van der Waals surface area contributed by atoms with Crippen LogP contribution in [0.4, 0.5) is 17.3 Å². The Morgan fingerprint density at radius 2 is 1.79 bits per heavy atom. The highest BCUT2D eigenvalue weighted by molar-refractivity contribution is 5.87. The number of aromatic nitrogens is 2. The molecular formula is C27H40N6. The Bertz CT molecular complexity index is 904. The van der Waals surface area contributed by atoms with Gasteiger partial charge in [0.2, 0.25) is 0 Å². The van der Waals surface area contributed by atoms with Crippen LogP contribution >= 0.6 is 0 Å². The molecule has 2 N–H and O–H groups in total. The molecule has 0 radical (unpaired) electrons. The van der Waals surface area contributed by atoms with Crippen molar-refractivity contribution in [3.05, 3.63) is 42.2 Å². The van der Waals surface area contributed by atoms with Crippen LogP contribution in [-0.2, 0) is 0 Å². The molecule has 1 aliphatic heterocycles. The van der Waals surface area contributed by atoms with Gasteiger partial charge in [0, 0.05) is 36.6 Å². The van der Waals surface area contributed by atoms with Crippen molar-refractivity contribution in [1.29, 1.82) is 10.7 Å². The van der Waals surface area contributed by atoms with Crippen molar-refractivity contribution in [2.75, 3.05) is 23.3 Å². The molecule has 2 aromatic rings. The molecule has 2 heterocycles. The van der Waals surface area contributed by atoms with E-state index in [4.69, 9.17) is 10.7 Å². The second-order valence-electron chi connectivity index (χ2n) is 9.29. The Morgan fingerprint density at radius 1 is 1.15 bits per heavy atom. The number of rotatable bonds is 4. The van der Waals surface area contributed by atoms with Crippen molar-refractivity contribution in [2.45, 2.75) is 66.7 Å². The van der Waals surface area contributed by atoms with Crippen LogP contribution in [0.5, 0.6) is 0 Å². The van der Waals surface area contributed by atoms with Gasteiger partial charge >= 0.3 is 0 Å². The minimum atomic E-state index is 0.465. The lowest BCUT2D eigenvalue weighted by Crippen LogP contribution is -2.19. The van der Waals surface area contributed by atoms with E-state index >= 15 is 0 Å². The van der Waals surface area contributed by atoms with Crippen molar-refractivity contribution >= 4 is 23.5 Å². The molecule has 5 rings (SSSR count). The summed E-state index contributed by atoms with van der Waals surface area (Å²) < 4.78 is 0. The average molecular weight is 449 g/mol. The van der Waals surface area contributed by atoms with Crippen LogP contribution in [0.15, 0.2) is 36.7 Å².